The van der Waals surface area contributed by atoms with Crippen molar-refractivity contribution in [2.24, 2.45) is 0 Å². The number of rotatable bonds is 5. The SMILES string of the molecule is COc1ccc(CSc2ccccc2[N+](=O)[O-])cc1Br. The predicted octanol–water partition coefficient (Wildman–Crippen LogP) is 4.66. The fourth-order valence-corrected chi connectivity index (χ4v) is 3.25. The summed E-state index contributed by atoms with van der Waals surface area (Å²) in [5.41, 5.74) is 1.21. The molecule has 0 amide bonds. The molecule has 0 saturated carbocycles. The Kier molecular flexibility index (Phi) is 5.03. The summed E-state index contributed by atoms with van der Waals surface area (Å²) in [6, 6.07) is 12.5. The summed E-state index contributed by atoms with van der Waals surface area (Å²) in [4.78, 5) is 11.3. The third-order valence-corrected chi connectivity index (χ3v) is 4.43. The summed E-state index contributed by atoms with van der Waals surface area (Å²) >= 11 is 4.88. The Bertz CT molecular complexity index is 634. The average molecular weight is 354 g/mol. The fourth-order valence-electron chi connectivity index (χ4n) is 1.69. The molecule has 0 bridgehead atoms. The molecule has 0 aliphatic carbocycles. The maximum atomic E-state index is 10.9. The van der Waals surface area contributed by atoms with E-state index in [-0.39, 0.29) is 10.6 Å². The first-order chi connectivity index (χ1) is 9.61. The predicted molar refractivity (Wildman–Crippen MR) is 83.4 cm³/mol. The van der Waals surface area contributed by atoms with Gasteiger partial charge in [0.05, 0.1) is 21.4 Å². The maximum absolute atomic E-state index is 10.9. The van der Waals surface area contributed by atoms with Crippen molar-refractivity contribution in [2.45, 2.75) is 10.6 Å². The molecule has 20 heavy (non-hydrogen) atoms. The third kappa shape index (κ3) is 3.52. The second-order valence-electron chi connectivity index (χ2n) is 3.98. The molecule has 0 aromatic heterocycles. The van der Waals surface area contributed by atoms with Crippen LogP contribution < -0.4 is 4.74 Å². The molecule has 6 heteroatoms. The standard InChI is InChI=1S/C14H12BrNO3S/c1-19-13-7-6-10(8-11(13)15)9-20-14-5-3-2-4-12(14)16(17)18/h2-8H,9H2,1H3. The Morgan fingerprint density at radius 3 is 2.70 bits per heavy atom. The smallest absolute Gasteiger partial charge is 0.282 e. The zero-order valence-corrected chi connectivity index (χ0v) is 13.1. The van der Waals surface area contributed by atoms with Gasteiger partial charge in [-0.25, -0.2) is 0 Å². The number of nitro benzene ring substituents is 1. The summed E-state index contributed by atoms with van der Waals surface area (Å²) in [5.74, 6) is 1.43. The number of halogens is 1. The van der Waals surface area contributed by atoms with Crippen molar-refractivity contribution in [1.82, 2.24) is 0 Å². The number of nitrogens with zero attached hydrogens (tertiary/aromatic N) is 1. The molecule has 0 radical (unpaired) electrons. The molecule has 2 aromatic carbocycles. The lowest BCUT2D eigenvalue weighted by molar-refractivity contribution is -0.387. The minimum absolute atomic E-state index is 0.144. The topological polar surface area (TPSA) is 52.4 Å². The number of hydrogen-bond donors (Lipinski definition) is 0. The fraction of sp³-hybridized carbons (Fsp3) is 0.143. The Labute approximate surface area is 129 Å². The van der Waals surface area contributed by atoms with Crippen LogP contribution in [0.1, 0.15) is 5.56 Å². The van der Waals surface area contributed by atoms with E-state index in [0.29, 0.717) is 10.6 Å². The van der Waals surface area contributed by atoms with Gasteiger partial charge >= 0.3 is 0 Å². The first-order valence-electron chi connectivity index (χ1n) is 5.80. The van der Waals surface area contributed by atoms with E-state index in [2.05, 4.69) is 15.9 Å². The molecule has 0 aliphatic rings. The summed E-state index contributed by atoms with van der Waals surface area (Å²) < 4.78 is 6.05. The van der Waals surface area contributed by atoms with Gasteiger partial charge in [-0.2, -0.15) is 0 Å². The Balaban J connectivity index is 2.13. The molecule has 0 fully saturated rings. The molecule has 2 aromatic rings. The van der Waals surface area contributed by atoms with Gasteiger partial charge in [0.15, 0.2) is 0 Å². The number of nitro groups is 1. The number of methoxy groups -OCH3 is 1. The molecule has 0 saturated heterocycles. The quantitative estimate of drug-likeness (QED) is 0.445. The van der Waals surface area contributed by atoms with E-state index in [1.165, 1.54) is 17.8 Å². The molecule has 0 N–H and O–H groups in total. The lowest BCUT2D eigenvalue weighted by atomic mass is 10.2. The first kappa shape index (κ1) is 14.9. The Hall–Kier alpha value is -1.53. The van der Waals surface area contributed by atoms with Gasteiger partial charge in [0, 0.05) is 11.8 Å². The van der Waals surface area contributed by atoms with Crippen LogP contribution in [-0.2, 0) is 5.75 Å². The molecule has 104 valence electrons. The van der Waals surface area contributed by atoms with Crippen molar-refractivity contribution < 1.29 is 9.66 Å². The number of ether oxygens (including phenoxy) is 1. The largest absolute Gasteiger partial charge is 0.496 e. The van der Waals surface area contributed by atoms with Gasteiger partial charge in [-0.3, -0.25) is 10.1 Å². The summed E-state index contributed by atoms with van der Waals surface area (Å²) in [6.45, 7) is 0. The second-order valence-corrected chi connectivity index (χ2v) is 5.85. The molecular weight excluding hydrogens is 342 g/mol. The van der Waals surface area contributed by atoms with Gasteiger partial charge < -0.3 is 4.74 Å². The molecule has 0 atom stereocenters. The lowest BCUT2D eigenvalue weighted by Gasteiger charge is -2.06. The van der Waals surface area contributed by atoms with Crippen molar-refractivity contribution >= 4 is 33.4 Å². The summed E-state index contributed by atoms with van der Waals surface area (Å²) in [7, 11) is 1.61. The zero-order chi connectivity index (χ0) is 14.5. The van der Waals surface area contributed by atoms with Crippen LogP contribution in [0.4, 0.5) is 5.69 Å². The molecule has 0 aliphatic heterocycles. The molecule has 0 heterocycles. The summed E-state index contributed by atoms with van der Waals surface area (Å²) in [5, 5.41) is 10.9. The Morgan fingerprint density at radius 2 is 2.05 bits per heavy atom. The van der Waals surface area contributed by atoms with Crippen molar-refractivity contribution in [3.63, 3.8) is 0 Å². The van der Waals surface area contributed by atoms with Crippen LogP contribution in [0.15, 0.2) is 51.8 Å². The van der Waals surface area contributed by atoms with Crippen LogP contribution in [0.2, 0.25) is 0 Å². The van der Waals surface area contributed by atoms with E-state index >= 15 is 0 Å². The van der Waals surface area contributed by atoms with Crippen LogP contribution >= 0.6 is 27.7 Å². The van der Waals surface area contributed by atoms with Gasteiger partial charge in [-0.05, 0) is 39.7 Å². The second kappa shape index (κ2) is 6.76. The Morgan fingerprint density at radius 1 is 1.30 bits per heavy atom. The van der Waals surface area contributed by atoms with Gasteiger partial charge in [-0.15, -0.1) is 11.8 Å². The number of hydrogen-bond acceptors (Lipinski definition) is 4. The van der Waals surface area contributed by atoms with Crippen molar-refractivity contribution in [2.75, 3.05) is 7.11 Å². The van der Waals surface area contributed by atoms with E-state index in [1.807, 2.05) is 18.2 Å². The van der Waals surface area contributed by atoms with Crippen molar-refractivity contribution in [1.29, 1.82) is 0 Å². The number of thioether (sulfide) groups is 1. The van der Waals surface area contributed by atoms with Crippen LogP contribution in [0, 0.1) is 10.1 Å². The highest BCUT2D eigenvalue weighted by Gasteiger charge is 2.12. The molecule has 4 nitrogen and oxygen atoms in total. The third-order valence-electron chi connectivity index (χ3n) is 2.67. The molecule has 2 rings (SSSR count). The van der Waals surface area contributed by atoms with Gasteiger partial charge in [0.25, 0.3) is 5.69 Å². The van der Waals surface area contributed by atoms with E-state index in [4.69, 9.17) is 4.74 Å². The normalized spacial score (nSPS) is 10.3. The highest BCUT2D eigenvalue weighted by molar-refractivity contribution is 9.10. The average Bonchev–Trinajstić information content (AvgIpc) is 2.45. The van der Waals surface area contributed by atoms with Crippen LogP contribution in [0.3, 0.4) is 0 Å². The number of para-hydroxylation sites is 1. The monoisotopic (exact) mass is 353 g/mol. The van der Waals surface area contributed by atoms with E-state index < -0.39 is 0 Å². The highest BCUT2D eigenvalue weighted by atomic mass is 79.9. The van der Waals surface area contributed by atoms with Crippen LogP contribution in [-0.4, -0.2) is 12.0 Å². The van der Waals surface area contributed by atoms with Crippen LogP contribution in [0.25, 0.3) is 0 Å². The van der Waals surface area contributed by atoms with E-state index in [9.17, 15) is 10.1 Å². The van der Waals surface area contributed by atoms with Gasteiger partial charge in [0.2, 0.25) is 0 Å². The number of benzene rings is 2. The van der Waals surface area contributed by atoms with Crippen molar-refractivity contribution in [3.8, 4) is 5.75 Å². The van der Waals surface area contributed by atoms with Crippen molar-refractivity contribution in [3.05, 3.63) is 62.6 Å². The minimum Gasteiger partial charge on any atom is -0.496 e. The molecule has 0 unspecified atom stereocenters. The van der Waals surface area contributed by atoms with E-state index in [0.717, 1.165) is 15.8 Å². The molecular formula is C14H12BrNO3S. The zero-order valence-electron chi connectivity index (χ0n) is 10.7. The van der Waals surface area contributed by atoms with E-state index in [1.54, 1.807) is 25.3 Å². The first-order valence-corrected chi connectivity index (χ1v) is 7.58. The highest BCUT2D eigenvalue weighted by Crippen LogP contribution is 2.33. The van der Waals surface area contributed by atoms with Gasteiger partial charge in [0.1, 0.15) is 5.75 Å². The molecule has 0 spiro atoms. The maximum Gasteiger partial charge on any atom is 0.282 e. The van der Waals surface area contributed by atoms with Crippen LogP contribution in [0.5, 0.6) is 5.75 Å². The lowest BCUT2D eigenvalue weighted by Crippen LogP contribution is -1.91. The van der Waals surface area contributed by atoms with Gasteiger partial charge in [-0.1, -0.05) is 18.2 Å². The summed E-state index contributed by atoms with van der Waals surface area (Å²) in [6.07, 6.45) is 0. The minimum atomic E-state index is -0.355.